The molecule has 0 radical (unpaired) electrons. The van der Waals surface area contributed by atoms with Gasteiger partial charge in [0.05, 0.1) is 36.6 Å². The number of rotatable bonds is 11. The first-order valence-corrected chi connectivity index (χ1v) is 15.7. The number of nitrogens with zero attached hydrogens (tertiary/aromatic N) is 3. The highest BCUT2D eigenvalue weighted by molar-refractivity contribution is 9.10. The molecule has 0 aliphatic carbocycles. The molecular formula is C31H31BrClN5O4S. The normalized spacial score (nSPS) is 14.1. The Bertz CT molecular complexity index is 1680. The van der Waals surface area contributed by atoms with Gasteiger partial charge >= 0.3 is 0 Å². The molecule has 1 aliphatic rings. The fourth-order valence-corrected chi connectivity index (χ4v) is 6.42. The lowest BCUT2D eigenvalue weighted by Gasteiger charge is -2.29. The summed E-state index contributed by atoms with van der Waals surface area (Å²) in [5.74, 6) is 2.47. The van der Waals surface area contributed by atoms with E-state index in [0.717, 1.165) is 17.5 Å². The average molecular weight is 685 g/mol. The molecule has 5 rings (SSSR count). The number of thioether (sulfide) groups is 1. The highest BCUT2D eigenvalue weighted by Gasteiger charge is 2.36. The lowest BCUT2D eigenvalue weighted by atomic mass is 9.94. The third-order valence-electron chi connectivity index (χ3n) is 6.77. The second-order valence-electron chi connectivity index (χ2n) is 9.65. The van der Waals surface area contributed by atoms with Crippen molar-refractivity contribution in [2.75, 3.05) is 31.5 Å². The fourth-order valence-electron chi connectivity index (χ4n) is 4.73. The number of carbonyl (C=O) groups excluding carboxylic acids is 1. The van der Waals surface area contributed by atoms with Crippen molar-refractivity contribution in [2.24, 2.45) is 0 Å². The Morgan fingerprint density at radius 3 is 2.60 bits per heavy atom. The van der Waals surface area contributed by atoms with Gasteiger partial charge in [-0.1, -0.05) is 60.6 Å². The van der Waals surface area contributed by atoms with E-state index in [-0.39, 0.29) is 5.91 Å². The molecule has 2 N–H and O–H groups in total. The molecule has 0 fully saturated rings. The van der Waals surface area contributed by atoms with Gasteiger partial charge in [0, 0.05) is 16.5 Å². The minimum Gasteiger partial charge on any atom is -0.495 e. The zero-order valence-electron chi connectivity index (χ0n) is 24.1. The summed E-state index contributed by atoms with van der Waals surface area (Å²) in [6.07, 6.45) is 0.845. The first kappa shape index (κ1) is 30.8. The van der Waals surface area contributed by atoms with Gasteiger partial charge in [0.15, 0.2) is 11.5 Å². The third kappa shape index (κ3) is 6.63. The van der Waals surface area contributed by atoms with E-state index in [1.807, 2.05) is 62.4 Å². The van der Waals surface area contributed by atoms with E-state index < -0.39 is 6.04 Å². The number of benzene rings is 3. The number of allylic oxidation sites excluding steroid dienone is 1. The molecule has 9 nitrogen and oxygen atoms in total. The maximum atomic E-state index is 14.0. The molecule has 43 heavy (non-hydrogen) atoms. The monoisotopic (exact) mass is 683 g/mol. The van der Waals surface area contributed by atoms with Gasteiger partial charge in [0.1, 0.15) is 11.8 Å². The van der Waals surface area contributed by atoms with Crippen LogP contribution in [0.5, 0.6) is 17.2 Å². The van der Waals surface area contributed by atoms with Crippen LogP contribution in [0.2, 0.25) is 5.02 Å². The maximum Gasteiger partial charge on any atom is 0.255 e. The van der Waals surface area contributed by atoms with Crippen molar-refractivity contribution in [3.05, 3.63) is 92.6 Å². The minimum atomic E-state index is -0.640. The molecule has 2 heterocycles. The predicted molar refractivity (Wildman–Crippen MR) is 174 cm³/mol. The zero-order chi connectivity index (χ0) is 30.5. The SMILES string of the molecule is CCCOc1c(Br)cc(C2C(C(=O)Nc3ccccc3OC)=C(C)Nc3nc(SCc4ccccc4Cl)nn32)cc1OC. The summed E-state index contributed by atoms with van der Waals surface area (Å²) in [5, 5.41) is 12.4. The molecule has 1 aromatic heterocycles. The molecule has 4 aromatic rings. The van der Waals surface area contributed by atoms with Gasteiger partial charge in [0.25, 0.3) is 5.91 Å². The number of aromatic nitrogens is 3. The number of halogens is 2. The number of para-hydroxylation sites is 2. The number of ether oxygens (including phenoxy) is 3. The van der Waals surface area contributed by atoms with Crippen LogP contribution in [-0.4, -0.2) is 41.5 Å². The second-order valence-corrected chi connectivity index (χ2v) is 11.8. The first-order chi connectivity index (χ1) is 20.8. The van der Waals surface area contributed by atoms with Crippen LogP contribution in [0.25, 0.3) is 0 Å². The third-order valence-corrected chi connectivity index (χ3v) is 8.61. The van der Waals surface area contributed by atoms with Crippen LogP contribution >= 0.6 is 39.3 Å². The maximum absolute atomic E-state index is 14.0. The molecule has 12 heteroatoms. The molecule has 0 spiro atoms. The van der Waals surface area contributed by atoms with Crippen molar-refractivity contribution >= 4 is 56.8 Å². The van der Waals surface area contributed by atoms with Crippen molar-refractivity contribution in [1.82, 2.24) is 14.8 Å². The van der Waals surface area contributed by atoms with Gasteiger partial charge < -0.3 is 24.8 Å². The minimum absolute atomic E-state index is 0.313. The van der Waals surface area contributed by atoms with E-state index in [2.05, 4.69) is 26.6 Å². The summed E-state index contributed by atoms with van der Waals surface area (Å²) in [6.45, 7) is 4.42. The van der Waals surface area contributed by atoms with Gasteiger partial charge in [-0.3, -0.25) is 4.79 Å². The molecule has 1 amide bonds. The van der Waals surface area contributed by atoms with Crippen LogP contribution in [0.15, 0.2) is 81.6 Å². The van der Waals surface area contributed by atoms with E-state index in [1.54, 1.807) is 31.0 Å². The Hall–Kier alpha value is -3.67. The number of fused-ring (bicyclic) bond motifs is 1. The number of methoxy groups -OCH3 is 2. The van der Waals surface area contributed by atoms with Crippen molar-refractivity contribution in [1.29, 1.82) is 0 Å². The van der Waals surface area contributed by atoms with E-state index in [4.69, 9.17) is 35.9 Å². The number of amides is 1. The highest BCUT2D eigenvalue weighted by Crippen LogP contribution is 2.43. The Morgan fingerprint density at radius 2 is 1.86 bits per heavy atom. The number of hydrogen-bond donors (Lipinski definition) is 2. The van der Waals surface area contributed by atoms with Gasteiger partial charge in [-0.25, -0.2) is 4.68 Å². The number of anilines is 2. The largest absolute Gasteiger partial charge is 0.495 e. The van der Waals surface area contributed by atoms with Crippen LogP contribution in [0, 0.1) is 0 Å². The van der Waals surface area contributed by atoms with E-state index in [1.165, 1.54) is 11.8 Å². The Kier molecular flexibility index (Phi) is 9.84. The predicted octanol–water partition coefficient (Wildman–Crippen LogP) is 7.72. The van der Waals surface area contributed by atoms with Gasteiger partial charge in [-0.2, -0.15) is 4.98 Å². The molecule has 224 valence electrons. The van der Waals surface area contributed by atoms with Gasteiger partial charge in [0.2, 0.25) is 11.1 Å². The number of nitrogens with one attached hydrogen (secondary N) is 2. The van der Waals surface area contributed by atoms with Crippen LogP contribution in [0.3, 0.4) is 0 Å². The van der Waals surface area contributed by atoms with Crippen molar-refractivity contribution < 1.29 is 19.0 Å². The van der Waals surface area contributed by atoms with Crippen LogP contribution < -0.4 is 24.8 Å². The highest BCUT2D eigenvalue weighted by atomic mass is 79.9. The van der Waals surface area contributed by atoms with Crippen LogP contribution in [-0.2, 0) is 10.5 Å². The number of carbonyl (C=O) groups is 1. The molecule has 0 saturated carbocycles. The van der Waals surface area contributed by atoms with Crippen LogP contribution in [0.1, 0.15) is 37.4 Å². The zero-order valence-corrected chi connectivity index (χ0v) is 27.3. The molecule has 1 unspecified atom stereocenters. The summed E-state index contributed by atoms with van der Waals surface area (Å²) in [7, 11) is 3.16. The van der Waals surface area contributed by atoms with E-state index >= 15 is 0 Å². The topological polar surface area (TPSA) is 99.5 Å². The molecule has 1 aliphatic heterocycles. The van der Waals surface area contributed by atoms with Crippen molar-refractivity contribution in [2.45, 2.75) is 37.2 Å². The lowest BCUT2D eigenvalue weighted by molar-refractivity contribution is -0.113. The molecule has 0 saturated heterocycles. The summed E-state index contributed by atoms with van der Waals surface area (Å²) < 4.78 is 19.6. The number of hydrogen-bond acceptors (Lipinski definition) is 8. The standard InChI is InChI=1S/C31H31BrClN5O4S/c1-5-14-42-28-21(32)15-20(16-25(28)41-4)27-26(29(39)35-23-12-8-9-13-24(23)40-3)18(2)34-30-36-31(37-38(27)30)43-17-19-10-6-7-11-22(19)33/h6-13,15-16,27H,5,14,17H2,1-4H3,(H,35,39)(H,34,36,37). The Labute approximate surface area is 268 Å². The van der Waals surface area contributed by atoms with Gasteiger partial charge in [-0.05, 0) is 70.7 Å². The van der Waals surface area contributed by atoms with Crippen molar-refractivity contribution in [3.8, 4) is 17.2 Å². The summed E-state index contributed by atoms with van der Waals surface area (Å²) in [5.41, 5.74) is 3.39. The first-order valence-electron chi connectivity index (χ1n) is 13.6. The molecular weight excluding hydrogens is 654 g/mol. The van der Waals surface area contributed by atoms with E-state index in [0.29, 0.717) is 67.2 Å². The van der Waals surface area contributed by atoms with Crippen molar-refractivity contribution in [3.63, 3.8) is 0 Å². The molecule has 1 atom stereocenters. The smallest absolute Gasteiger partial charge is 0.255 e. The molecule has 3 aromatic carbocycles. The fraction of sp³-hybridized carbons (Fsp3) is 0.258. The second kappa shape index (κ2) is 13.7. The Morgan fingerprint density at radius 1 is 1.12 bits per heavy atom. The summed E-state index contributed by atoms with van der Waals surface area (Å²) >= 11 is 11.5. The van der Waals surface area contributed by atoms with Gasteiger partial charge in [-0.15, -0.1) is 5.10 Å². The average Bonchev–Trinajstić information content (AvgIpc) is 3.41. The summed E-state index contributed by atoms with van der Waals surface area (Å²) in [4.78, 5) is 18.8. The molecule has 0 bridgehead atoms. The Balaban J connectivity index is 1.57. The van der Waals surface area contributed by atoms with Crippen LogP contribution in [0.4, 0.5) is 11.6 Å². The lowest BCUT2D eigenvalue weighted by Crippen LogP contribution is -2.31. The quantitative estimate of drug-likeness (QED) is 0.155. The summed E-state index contributed by atoms with van der Waals surface area (Å²) in [6, 6.07) is 18.1. The van der Waals surface area contributed by atoms with E-state index in [9.17, 15) is 4.79 Å².